The van der Waals surface area contributed by atoms with Crippen molar-refractivity contribution in [1.29, 1.82) is 0 Å². The van der Waals surface area contributed by atoms with E-state index >= 15 is 0 Å². The van der Waals surface area contributed by atoms with Crippen molar-refractivity contribution in [2.24, 2.45) is 0 Å². The molecule has 0 saturated carbocycles. The number of aromatic nitrogens is 1. The average molecular weight is 354 g/mol. The zero-order valence-electron chi connectivity index (χ0n) is 14.2. The molecule has 0 spiro atoms. The van der Waals surface area contributed by atoms with Gasteiger partial charge >= 0.3 is 0 Å². The summed E-state index contributed by atoms with van der Waals surface area (Å²) >= 11 is 1.64. The van der Waals surface area contributed by atoms with Crippen LogP contribution in [-0.4, -0.2) is 17.4 Å². The van der Waals surface area contributed by atoms with Crippen LogP contribution in [0.5, 0.6) is 0 Å². The maximum atomic E-state index is 13.4. The van der Waals surface area contributed by atoms with Crippen LogP contribution in [0.15, 0.2) is 48.5 Å². The molecular formula is C20H19FN2OS. The minimum absolute atomic E-state index is 0.265. The van der Waals surface area contributed by atoms with Gasteiger partial charge < -0.3 is 5.32 Å². The number of benzene rings is 2. The van der Waals surface area contributed by atoms with E-state index in [1.807, 2.05) is 30.3 Å². The first-order valence-corrected chi connectivity index (χ1v) is 8.91. The smallest absolute Gasteiger partial charge is 0.251 e. The Hall–Kier alpha value is -2.53. The first-order chi connectivity index (χ1) is 12.0. The SMILES string of the molecule is Cc1cc(F)cc(C(=O)NCCc2nc(-c3ccccc3)c(C)s2)c1. The summed E-state index contributed by atoms with van der Waals surface area (Å²) in [5, 5.41) is 3.81. The molecule has 1 amide bonds. The van der Waals surface area contributed by atoms with Gasteiger partial charge in [-0.2, -0.15) is 0 Å². The largest absolute Gasteiger partial charge is 0.352 e. The second-order valence-corrected chi connectivity index (χ2v) is 7.19. The van der Waals surface area contributed by atoms with Gasteiger partial charge in [0, 0.05) is 29.0 Å². The monoisotopic (exact) mass is 354 g/mol. The molecule has 0 aliphatic rings. The van der Waals surface area contributed by atoms with Crippen molar-refractivity contribution in [3.63, 3.8) is 0 Å². The minimum Gasteiger partial charge on any atom is -0.352 e. The van der Waals surface area contributed by atoms with Crippen molar-refractivity contribution >= 4 is 17.2 Å². The van der Waals surface area contributed by atoms with Gasteiger partial charge in [0.2, 0.25) is 0 Å². The highest BCUT2D eigenvalue weighted by Crippen LogP contribution is 2.27. The minimum atomic E-state index is -0.395. The summed E-state index contributed by atoms with van der Waals surface area (Å²) < 4.78 is 13.4. The summed E-state index contributed by atoms with van der Waals surface area (Å²) in [5.74, 6) is -0.660. The third-order valence-corrected chi connectivity index (χ3v) is 4.85. The van der Waals surface area contributed by atoms with Crippen molar-refractivity contribution in [1.82, 2.24) is 10.3 Å². The molecule has 25 heavy (non-hydrogen) atoms. The van der Waals surface area contributed by atoms with E-state index in [2.05, 4.69) is 17.2 Å². The first kappa shape index (κ1) is 17.3. The van der Waals surface area contributed by atoms with Gasteiger partial charge in [0.15, 0.2) is 0 Å². The van der Waals surface area contributed by atoms with Crippen LogP contribution in [0.4, 0.5) is 4.39 Å². The summed E-state index contributed by atoms with van der Waals surface area (Å²) in [6, 6.07) is 14.4. The molecule has 0 atom stereocenters. The number of rotatable bonds is 5. The Labute approximate surface area is 150 Å². The highest BCUT2D eigenvalue weighted by atomic mass is 32.1. The molecule has 3 aromatic rings. The number of amides is 1. The molecule has 1 heterocycles. The topological polar surface area (TPSA) is 42.0 Å². The molecule has 0 unspecified atom stereocenters. The Balaban J connectivity index is 1.62. The molecule has 1 aromatic heterocycles. The maximum absolute atomic E-state index is 13.4. The predicted octanol–water partition coefficient (Wildman–Crippen LogP) is 4.54. The number of nitrogens with zero attached hydrogens (tertiary/aromatic N) is 1. The molecule has 0 aliphatic heterocycles. The van der Waals surface area contributed by atoms with Gasteiger partial charge in [-0.05, 0) is 37.6 Å². The van der Waals surface area contributed by atoms with E-state index in [-0.39, 0.29) is 5.91 Å². The van der Waals surface area contributed by atoms with Crippen LogP contribution in [0, 0.1) is 19.7 Å². The molecule has 2 aromatic carbocycles. The second kappa shape index (κ2) is 7.57. The van der Waals surface area contributed by atoms with Crippen LogP contribution in [0.25, 0.3) is 11.3 Å². The van der Waals surface area contributed by atoms with E-state index in [9.17, 15) is 9.18 Å². The van der Waals surface area contributed by atoms with Crippen molar-refractivity contribution in [2.75, 3.05) is 6.54 Å². The quantitative estimate of drug-likeness (QED) is 0.731. The molecule has 0 radical (unpaired) electrons. The Morgan fingerprint density at radius 3 is 2.64 bits per heavy atom. The fourth-order valence-electron chi connectivity index (χ4n) is 2.67. The number of halogens is 1. The van der Waals surface area contributed by atoms with E-state index in [1.165, 1.54) is 12.1 Å². The molecule has 3 rings (SSSR count). The van der Waals surface area contributed by atoms with Crippen molar-refractivity contribution in [3.05, 3.63) is 75.4 Å². The van der Waals surface area contributed by atoms with Gasteiger partial charge in [0.1, 0.15) is 5.82 Å². The van der Waals surface area contributed by atoms with Crippen molar-refractivity contribution < 1.29 is 9.18 Å². The van der Waals surface area contributed by atoms with Gasteiger partial charge in [-0.25, -0.2) is 9.37 Å². The summed E-state index contributed by atoms with van der Waals surface area (Å²) in [6.07, 6.45) is 0.651. The van der Waals surface area contributed by atoms with Crippen molar-refractivity contribution in [2.45, 2.75) is 20.3 Å². The number of hydrogen-bond acceptors (Lipinski definition) is 3. The Morgan fingerprint density at radius 2 is 1.92 bits per heavy atom. The van der Waals surface area contributed by atoms with Crippen LogP contribution in [0.1, 0.15) is 25.8 Å². The zero-order chi connectivity index (χ0) is 17.8. The number of carbonyl (C=O) groups is 1. The lowest BCUT2D eigenvalue weighted by molar-refractivity contribution is 0.0953. The number of hydrogen-bond donors (Lipinski definition) is 1. The molecule has 1 N–H and O–H groups in total. The van der Waals surface area contributed by atoms with Gasteiger partial charge in [0.05, 0.1) is 10.7 Å². The zero-order valence-corrected chi connectivity index (χ0v) is 15.0. The van der Waals surface area contributed by atoms with E-state index in [0.29, 0.717) is 18.5 Å². The average Bonchev–Trinajstić information content (AvgIpc) is 2.95. The first-order valence-electron chi connectivity index (χ1n) is 8.10. The fourth-order valence-corrected chi connectivity index (χ4v) is 3.63. The highest BCUT2D eigenvalue weighted by Gasteiger charge is 2.11. The lowest BCUT2D eigenvalue weighted by Crippen LogP contribution is -2.25. The number of carbonyl (C=O) groups excluding carboxylic acids is 1. The molecule has 128 valence electrons. The second-order valence-electron chi connectivity index (χ2n) is 5.90. The van der Waals surface area contributed by atoms with Gasteiger partial charge in [-0.3, -0.25) is 4.79 Å². The van der Waals surface area contributed by atoms with E-state index in [4.69, 9.17) is 0 Å². The highest BCUT2D eigenvalue weighted by molar-refractivity contribution is 7.12. The van der Waals surface area contributed by atoms with Crippen LogP contribution >= 0.6 is 11.3 Å². The van der Waals surface area contributed by atoms with Gasteiger partial charge in [-0.1, -0.05) is 30.3 Å². The van der Waals surface area contributed by atoms with Crippen LogP contribution < -0.4 is 5.32 Å². The van der Waals surface area contributed by atoms with Crippen LogP contribution in [0.3, 0.4) is 0 Å². The molecule has 5 heteroatoms. The number of thiazole rings is 1. The summed E-state index contributed by atoms with van der Waals surface area (Å²) in [6.45, 7) is 4.29. The van der Waals surface area contributed by atoms with Crippen LogP contribution in [-0.2, 0) is 6.42 Å². The Kier molecular flexibility index (Phi) is 5.24. The Morgan fingerprint density at radius 1 is 1.16 bits per heavy atom. The summed E-state index contributed by atoms with van der Waals surface area (Å²) in [5.41, 5.74) is 3.17. The van der Waals surface area contributed by atoms with E-state index in [0.717, 1.165) is 26.7 Å². The number of nitrogens with one attached hydrogen (secondary N) is 1. The third-order valence-electron chi connectivity index (χ3n) is 3.82. The van der Waals surface area contributed by atoms with E-state index < -0.39 is 5.82 Å². The molecule has 0 saturated heterocycles. The van der Waals surface area contributed by atoms with Crippen LogP contribution in [0.2, 0.25) is 0 Å². The third kappa shape index (κ3) is 4.31. The van der Waals surface area contributed by atoms with Crippen molar-refractivity contribution in [3.8, 4) is 11.3 Å². The normalized spacial score (nSPS) is 10.7. The van der Waals surface area contributed by atoms with E-state index in [1.54, 1.807) is 24.3 Å². The number of aryl methyl sites for hydroxylation is 2. The lowest BCUT2D eigenvalue weighted by atomic mass is 10.1. The maximum Gasteiger partial charge on any atom is 0.251 e. The molecular weight excluding hydrogens is 335 g/mol. The summed E-state index contributed by atoms with van der Waals surface area (Å²) in [4.78, 5) is 18.0. The summed E-state index contributed by atoms with van der Waals surface area (Å²) in [7, 11) is 0. The van der Waals surface area contributed by atoms with Gasteiger partial charge in [-0.15, -0.1) is 11.3 Å². The molecule has 0 bridgehead atoms. The standard InChI is InChI=1S/C20H19FN2OS/c1-13-10-16(12-17(21)11-13)20(24)22-9-8-18-23-19(14(2)25-18)15-6-4-3-5-7-15/h3-7,10-12H,8-9H2,1-2H3,(H,22,24). The molecule has 0 fully saturated rings. The Bertz CT molecular complexity index is 870. The lowest BCUT2D eigenvalue weighted by Gasteiger charge is -2.05. The fraction of sp³-hybridized carbons (Fsp3) is 0.200. The molecule has 3 nitrogen and oxygen atoms in total. The molecule has 0 aliphatic carbocycles. The predicted molar refractivity (Wildman–Crippen MR) is 99.5 cm³/mol. The van der Waals surface area contributed by atoms with Gasteiger partial charge in [0.25, 0.3) is 5.91 Å².